The molecule has 11 heavy (non-hydrogen) atoms. The van der Waals surface area contributed by atoms with Crippen molar-refractivity contribution in [3.63, 3.8) is 0 Å². The molecule has 0 bridgehead atoms. The molecule has 1 rings (SSSR count). The molecule has 1 aliphatic heterocycles. The zero-order valence-corrected chi connectivity index (χ0v) is 5.78. The van der Waals surface area contributed by atoms with Gasteiger partial charge in [-0.1, -0.05) is 5.92 Å². The van der Waals surface area contributed by atoms with Gasteiger partial charge < -0.3 is 5.11 Å². The maximum atomic E-state index is 10.7. The summed E-state index contributed by atoms with van der Waals surface area (Å²) >= 11 is 0. The highest BCUT2D eigenvalue weighted by Gasteiger charge is 2.32. The topological polar surface area (TPSA) is 57.6 Å². The number of hydrogen-bond acceptors (Lipinski definition) is 2. The van der Waals surface area contributed by atoms with Crippen LogP contribution in [-0.2, 0) is 4.79 Å². The minimum atomic E-state index is -1.13. The van der Waals surface area contributed by atoms with E-state index in [9.17, 15) is 9.59 Å². The Kier molecular flexibility index (Phi) is 1.81. The van der Waals surface area contributed by atoms with Crippen molar-refractivity contribution in [3.05, 3.63) is 0 Å². The Morgan fingerprint density at radius 1 is 1.82 bits per heavy atom. The summed E-state index contributed by atoms with van der Waals surface area (Å²) in [4.78, 5) is 22.1. The summed E-state index contributed by atoms with van der Waals surface area (Å²) in [6, 6.07) is -0.556. The highest BCUT2D eigenvalue weighted by molar-refractivity contribution is 5.88. The van der Waals surface area contributed by atoms with Gasteiger partial charge >= 0.3 is 6.09 Å². The largest absolute Gasteiger partial charge is 0.465 e. The lowest BCUT2D eigenvalue weighted by Gasteiger charge is -2.14. The van der Waals surface area contributed by atoms with Gasteiger partial charge in [0.25, 0.3) is 0 Å². The summed E-state index contributed by atoms with van der Waals surface area (Å²) in [6.07, 6.45) is 4.05. The molecule has 4 heteroatoms. The Balaban J connectivity index is 2.74. The van der Waals surface area contributed by atoms with Gasteiger partial charge in [0.15, 0.2) is 5.78 Å². The molecule has 1 saturated heterocycles. The van der Waals surface area contributed by atoms with Crippen LogP contribution in [0.1, 0.15) is 6.42 Å². The minimum Gasteiger partial charge on any atom is -0.465 e. The van der Waals surface area contributed by atoms with E-state index in [-0.39, 0.29) is 18.7 Å². The van der Waals surface area contributed by atoms with Gasteiger partial charge in [-0.05, 0) is 0 Å². The smallest absolute Gasteiger partial charge is 0.408 e. The van der Waals surface area contributed by atoms with Crippen LogP contribution in [0.2, 0.25) is 0 Å². The first-order valence-corrected chi connectivity index (χ1v) is 3.12. The van der Waals surface area contributed by atoms with E-state index in [1.165, 1.54) is 0 Å². The van der Waals surface area contributed by atoms with Crippen molar-refractivity contribution in [1.29, 1.82) is 0 Å². The van der Waals surface area contributed by atoms with Gasteiger partial charge in [0.05, 0.1) is 6.54 Å². The second-order valence-corrected chi connectivity index (χ2v) is 2.34. The van der Waals surface area contributed by atoms with Crippen molar-refractivity contribution in [1.82, 2.24) is 4.90 Å². The molecule has 0 saturated carbocycles. The zero-order valence-electron chi connectivity index (χ0n) is 5.78. The van der Waals surface area contributed by atoms with Gasteiger partial charge in [-0.15, -0.1) is 6.42 Å². The number of amides is 1. The summed E-state index contributed by atoms with van der Waals surface area (Å²) in [6.45, 7) is -0.0653. The maximum Gasteiger partial charge on any atom is 0.408 e. The first-order valence-electron chi connectivity index (χ1n) is 3.12. The summed E-state index contributed by atoms with van der Waals surface area (Å²) in [5, 5.41) is 8.51. The van der Waals surface area contributed by atoms with Crippen LogP contribution in [0.3, 0.4) is 0 Å². The quantitative estimate of drug-likeness (QED) is 0.496. The fraction of sp³-hybridized carbons (Fsp3) is 0.429. The molecule has 1 atom stereocenters. The van der Waals surface area contributed by atoms with E-state index in [2.05, 4.69) is 5.92 Å². The number of carbonyl (C=O) groups excluding carboxylic acids is 1. The van der Waals surface area contributed by atoms with E-state index in [0.29, 0.717) is 0 Å². The number of Topliss-reactive ketones (excluding diaryl/α,β-unsaturated/α-hetero) is 1. The van der Waals surface area contributed by atoms with Crippen LogP contribution in [0.15, 0.2) is 0 Å². The van der Waals surface area contributed by atoms with Crippen LogP contribution in [0.25, 0.3) is 0 Å². The molecule has 0 unspecified atom stereocenters. The molecule has 1 fully saturated rings. The van der Waals surface area contributed by atoms with Crippen molar-refractivity contribution >= 4 is 11.9 Å². The highest BCUT2D eigenvalue weighted by Crippen LogP contribution is 2.12. The third-order valence-corrected chi connectivity index (χ3v) is 1.58. The molecule has 1 aliphatic rings. The number of rotatable bonds is 0. The molecule has 4 nitrogen and oxygen atoms in total. The fourth-order valence-electron chi connectivity index (χ4n) is 1.04. The third kappa shape index (κ3) is 1.32. The number of nitrogens with zero attached hydrogens (tertiary/aromatic N) is 1. The Bertz CT molecular complexity index is 241. The number of ketones is 1. The van der Waals surface area contributed by atoms with Gasteiger partial charge in [-0.25, -0.2) is 4.79 Å². The van der Waals surface area contributed by atoms with E-state index in [0.717, 1.165) is 4.90 Å². The average molecular weight is 153 g/mol. The monoisotopic (exact) mass is 153 g/mol. The van der Waals surface area contributed by atoms with Crippen LogP contribution < -0.4 is 0 Å². The van der Waals surface area contributed by atoms with Gasteiger partial charge in [-0.3, -0.25) is 9.69 Å². The van der Waals surface area contributed by atoms with Crippen LogP contribution in [0.5, 0.6) is 0 Å². The Morgan fingerprint density at radius 3 is 2.82 bits per heavy atom. The van der Waals surface area contributed by atoms with E-state index >= 15 is 0 Å². The number of carbonyl (C=O) groups is 2. The van der Waals surface area contributed by atoms with Gasteiger partial charge in [-0.2, -0.15) is 0 Å². The fourth-order valence-corrected chi connectivity index (χ4v) is 1.04. The lowest BCUT2D eigenvalue weighted by Crippen LogP contribution is -2.33. The molecular weight excluding hydrogens is 146 g/mol. The molecule has 1 amide bonds. The zero-order chi connectivity index (χ0) is 8.43. The molecule has 0 radical (unpaired) electrons. The van der Waals surface area contributed by atoms with Gasteiger partial charge in [0.2, 0.25) is 0 Å². The van der Waals surface area contributed by atoms with Crippen LogP contribution in [-0.4, -0.2) is 34.5 Å². The number of terminal acetylenes is 1. The summed E-state index contributed by atoms with van der Waals surface area (Å²) in [5.41, 5.74) is 0. The molecule has 0 spiro atoms. The maximum absolute atomic E-state index is 10.7. The van der Waals surface area contributed by atoms with Crippen LogP contribution in [0.4, 0.5) is 4.79 Å². The minimum absolute atomic E-state index is 0.0653. The second kappa shape index (κ2) is 2.62. The third-order valence-electron chi connectivity index (χ3n) is 1.58. The second-order valence-electron chi connectivity index (χ2n) is 2.34. The van der Waals surface area contributed by atoms with E-state index < -0.39 is 12.1 Å². The predicted octanol–water partition coefficient (Wildman–Crippen LogP) is -0.0590. The lowest BCUT2D eigenvalue weighted by atomic mass is 10.2. The number of carboxylic acid groups (broad SMARTS) is 1. The van der Waals surface area contributed by atoms with Crippen molar-refractivity contribution in [2.24, 2.45) is 0 Å². The van der Waals surface area contributed by atoms with Crippen LogP contribution >= 0.6 is 0 Å². The Morgan fingerprint density at radius 2 is 2.45 bits per heavy atom. The van der Waals surface area contributed by atoms with Crippen LogP contribution in [0, 0.1) is 12.3 Å². The summed E-state index contributed by atoms with van der Waals surface area (Å²) < 4.78 is 0. The normalized spacial score (nSPS) is 23.4. The average Bonchev–Trinajstić information content (AvgIpc) is 2.30. The van der Waals surface area contributed by atoms with E-state index in [1.54, 1.807) is 0 Å². The van der Waals surface area contributed by atoms with Crippen molar-refractivity contribution in [2.75, 3.05) is 6.54 Å². The SMILES string of the molecule is C#C[C@@H]1CC(=O)CN1C(=O)O. The Labute approximate surface area is 63.8 Å². The first kappa shape index (κ1) is 7.61. The highest BCUT2D eigenvalue weighted by atomic mass is 16.4. The standard InChI is InChI=1S/C7H7NO3/c1-2-5-3-6(9)4-8(5)7(10)11/h1,5H,3-4H2,(H,10,11)/t5-/m1/s1. The molecule has 58 valence electrons. The summed E-state index contributed by atoms with van der Waals surface area (Å²) in [5.74, 6) is 2.13. The molecule has 1 N–H and O–H groups in total. The number of hydrogen-bond donors (Lipinski definition) is 1. The van der Waals surface area contributed by atoms with E-state index in [4.69, 9.17) is 11.5 Å². The molecular formula is C7H7NO3. The first-order chi connectivity index (χ1) is 5.15. The molecule has 0 aliphatic carbocycles. The van der Waals surface area contributed by atoms with Gasteiger partial charge in [0, 0.05) is 6.42 Å². The van der Waals surface area contributed by atoms with E-state index in [1.807, 2.05) is 0 Å². The molecule has 0 aromatic rings. The predicted molar refractivity (Wildman–Crippen MR) is 37.0 cm³/mol. The number of likely N-dealkylation sites (tertiary alicyclic amines) is 1. The molecule has 1 heterocycles. The molecule has 0 aromatic heterocycles. The van der Waals surface area contributed by atoms with Crippen molar-refractivity contribution < 1.29 is 14.7 Å². The Hall–Kier alpha value is -1.50. The summed E-state index contributed by atoms with van der Waals surface area (Å²) in [7, 11) is 0. The van der Waals surface area contributed by atoms with Crippen molar-refractivity contribution in [3.8, 4) is 12.3 Å². The molecule has 0 aromatic carbocycles. The lowest BCUT2D eigenvalue weighted by molar-refractivity contribution is -0.116. The van der Waals surface area contributed by atoms with Gasteiger partial charge in [0.1, 0.15) is 6.04 Å². The van der Waals surface area contributed by atoms with Crippen molar-refractivity contribution in [2.45, 2.75) is 12.5 Å².